The highest BCUT2D eigenvalue weighted by atomic mass is 16.5. The molecule has 4 nitrogen and oxygen atoms in total. The van der Waals surface area contributed by atoms with Gasteiger partial charge in [-0.05, 0) is 18.4 Å². The zero-order valence-electron chi connectivity index (χ0n) is 15.0. The zero-order chi connectivity index (χ0) is 17.0. The van der Waals surface area contributed by atoms with Crippen molar-refractivity contribution in [3.8, 4) is 0 Å². The molecule has 0 amide bonds. The Bertz CT molecular complexity index is 630. The van der Waals surface area contributed by atoms with E-state index < -0.39 is 0 Å². The predicted molar refractivity (Wildman–Crippen MR) is 96.9 cm³/mol. The van der Waals surface area contributed by atoms with Gasteiger partial charge in [-0.1, -0.05) is 51.1 Å². The van der Waals surface area contributed by atoms with Crippen molar-refractivity contribution in [3.05, 3.63) is 53.3 Å². The van der Waals surface area contributed by atoms with E-state index in [1.807, 2.05) is 6.20 Å². The summed E-state index contributed by atoms with van der Waals surface area (Å²) in [5.74, 6) is 0.520. The monoisotopic (exact) mass is 327 g/mol. The minimum atomic E-state index is 0.0913. The average molecular weight is 327 g/mol. The van der Waals surface area contributed by atoms with Gasteiger partial charge >= 0.3 is 0 Å². The molecule has 0 radical (unpaired) electrons. The fraction of sp³-hybridized carbons (Fsp3) is 0.550. The summed E-state index contributed by atoms with van der Waals surface area (Å²) in [5, 5.41) is 11.0. The highest BCUT2D eigenvalue weighted by Gasteiger charge is 2.27. The third-order valence-electron chi connectivity index (χ3n) is 4.76. The maximum atomic E-state index is 6.08. The van der Waals surface area contributed by atoms with Crippen LogP contribution in [-0.2, 0) is 16.7 Å². The van der Waals surface area contributed by atoms with Gasteiger partial charge in [0.25, 0.3) is 0 Å². The second kappa shape index (κ2) is 7.49. The number of rotatable bonds is 5. The van der Waals surface area contributed by atoms with E-state index in [0.29, 0.717) is 5.92 Å². The van der Waals surface area contributed by atoms with E-state index in [2.05, 4.69) is 66.6 Å². The molecule has 24 heavy (non-hydrogen) atoms. The number of H-pyrrole nitrogens is 1. The molecule has 1 aromatic heterocycles. The molecule has 3 rings (SSSR count). The lowest BCUT2D eigenvalue weighted by molar-refractivity contribution is -0.0278. The van der Waals surface area contributed by atoms with Crippen LogP contribution < -0.4 is 5.32 Å². The normalized spacial score (nSPS) is 21.8. The molecule has 2 heterocycles. The molecule has 1 aliphatic rings. The molecule has 0 aliphatic carbocycles. The highest BCUT2D eigenvalue weighted by Crippen LogP contribution is 2.33. The van der Waals surface area contributed by atoms with Crippen molar-refractivity contribution in [1.29, 1.82) is 0 Å². The first-order chi connectivity index (χ1) is 11.6. The van der Waals surface area contributed by atoms with Crippen molar-refractivity contribution in [3.63, 3.8) is 0 Å². The summed E-state index contributed by atoms with van der Waals surface area (Å²) in [7, 11) is 0. The lowest BCUT2D eigenvalue weighted by atomic mass is 9.88. The number of ether oxygens (including phenoxy) is 1. The molecule has 0 unspecified atom stereocenters. The van der Waals surface area contributed by atoms with Crippen LogP contribution in [0.2, 0.25) is 0 Å². The number of hydrogen-bond acceptors (Lipinski definition) is 3. The molecule has 1 fully saturated rings. The van der Waals surface area contributed by atoms with Crippen LogP contribution in [-0.4, -0.2) is 23.3 Å². The number of aromatic amines is 1. The maximum Gasteiger partial charge on any atom is 0.0865 e. The van der Waals surface area contributed by atoms with Crippen molar-refractivity contribution in [2.45, 2.75) is 51.7 Å². The minimum Gasteiger partial charge on any atom is -0.373 e. The maximum absolute atomic E-state index is 6.08. The Hall–Kier alpha value is -1.65. The van der Waals surface area contributed by atoms with Crippen molar-refractivity contribution < 1.29 is 4.74 Å². The van der Waals surface area contributed by atoms with E-state index in [4.69, 9.17) is 4.74 Å². The zero-order valence-corrected chi connectivity index (χ0v) is 15.0. The summed E-state index contributed by atoms with van der Waals surface area (Å²) < 4.78 is 6.08. The SMILES string of the molecule is CC(C)(C)c1[nH]ncc1CNC[C@H]1CCCO[C@@H]1c1ccccc1. The van der Waals surface area contributed by atoms with E-state index >= 15 is 0 Å². The predicted octanol–water partition coefficient (Wildman–Crippen LogP) is 3.96. The molecule has 1 aliphatic heterocycles. The van der Waals surface area contributed by atoms with Crippen LogP contribution in [0, 0.1) is 5.92 Å². The second-order valence-corrected chi connectivity index (χ2v) is 7.76. The fourth-order valence-electron chi connectivity index (χ4n) is 3.55. The van der Waals surface area contributed by atoms with Gasteiger partial charge in [0.15, 0.2) is 0 Å². The smallest absolute Gasteiger partial charge is 0.0865 e. The van der Waals surface area contributed by atoms with Gasteiger partial charge in [0.2, 0.25) is 0 Å². The third-order valence-corrected chi connectivity index (χ3v) is 4.76. The van der Waals surface area contributed by atoms with Crippen molar-refractivity contribution in [2.75, 3.05) is 13.2 Å². The lowest BCUT2D eigenvalue weighted by Gasteiger charge is -2.32. The second-order valence-electron chi connectivity index (χ2n) is 7.76. The molecule has 2 aromatic rings. The van der Waals surface area contributed by atoms with Crippen molar-refractivity contribution >= 4 is 0 Å². The van der Waals surface area contributed by atoms with E-state index in [9.17, 15) is 0 Å². The Labute approximate surface area is 145 Å². The minimum absolute atomic E-state index is 0.0913. The molecule has 130 valence electrons. The van der Waals surface area contributed by atoms with Crippen LogP contribution in [0.5, 0.6) is 0 Å². The van der Waals surface area contributed by atoms with Crippen LogP contribution in [0.25, 0.3) is 0 Å². The number of hydrogen-bond donors (Lipinski definition) is 2. The number of nitrogens with one attached hydrogen (secondary N) is 2. The Morgan fingerprint density at radius 1 is 1.25 bits per heavy atom. The van der Waals surface area contributed by atoms with Gasteiger partial charge in [0.05, 0.1) is 12.3 Å². The standard InChI is InChI=1S/C20H29N3O/c1-20(2,3)19-17(14-22-23-19)13-21-12-16-10-7-11-24-18(16)15-8-5-4-6-9-15/h4-6,8-9,14,16,18,21H,7,10-13H2,1-3H3,(H,22,23)/t16-,18-/m1/s1. The number of benzene rings is 1. The highest BCUT2D eigenvalue weighted by molar-refractivity contribution is 5.23. The molecule has 4 heteroatoms. The van der Waals surface area contributed by atoms with Gasteiger partial charge in [0, 0.05) is 42.3 Å². The quantitative estimate of drug-likeness (QED) is 0.874. The van der Waals surface area contributed by atoms with Gasteiger partial charge in [-0.15, -0.1) is 0 Å². The molecule has 2 N–H and O–H groups in total. The third kappa shape index (κ3) is 4.05. The molecule has 1 aromatic carbocycles. The van der Waals surface area contributed by atoms with Gasteiger partial charge in [-0.3, -0.25) is 5.10 Å². The van der Waals surface area contributed by atoms with Crippen LogP contribution in [0.4, 0.5) is 0 Å². The van der Waals surface area contributed by atoms with E-state index in [0.717, 1.165) is 26.1 Å². The van der Waals surface area contributed by atoms with Gasteiger partial charge in [-0.25, -0.2) is 0 Å². The van der Waals surface area contributed by atoms with E-state index in [-0.39, 0.29) is 11.5 Å². The Morgan fingerprint density at radius 3 is 2.79 bits per heavy atom. The summed E-state index contributed by atoms with van der Waals surface area (Å²) >= 11 is 0. The Morgan fingerprint density at radius 2 is 2.04 bits per heavy atom. The van der Waals surface area contributed by atoms with Crippen LogP contribution in [0.15, 0.2) is 36.5 Å². The molecular weight excluding hydrogens is 298 g/mol. The van der Waals surface area contributed by atoms with Gasteiger partial charge in [0.1, 0.15) is 0 Å². The first kappa shape index (κ1) is 17.2. The number of aromatic nitrogens is 2. The van der Waals surface area contributed by atoms with Crippen LogP contribution in [0.3, 0.4) is 0 Å². The first-order valence-electron chi connectivity index (χ1n) is 8.95. The molecule has 0 spiro atoms. The van der Waals surface area contributed by atoms with E-state index in [1.165, 1.54) is 23.2 Å². The van der Waals surface area contributed by atoms with Crippen LogP contribution in [0.1, 0.15) is 56.5 Å². The Balaban J connectivity index is 1.60. The summed E-state index contributed by atoms with van der Waals surface area (Å²) in [5.41, 5.74) is 3.86. The molecule has 2 atom stereocenters. The lowest BCUT2D eigenvalue weighted by Crippen LogP contribution is -2.32. The topological polar surface area (TPSA) is 49.9 Å². The van der Waals surface area contributed by atoms with E-state index in [1.54, 1.807) is 0 Å². The summed E-state index contributed by atoms with van der Waals surface area (Å²) in [4.78, 5) is 0. The molecule has 1 saturated heterocycles. The summed E-state index contributed by atoms with van der Waals surface area (Å²) in [6.45, 7) is 9.32. The molecular formula is C20H29N3O. The molecule has 0 saturated carbocycles. The Kier molecular flexibility index (Phi) is 5.36. The largest absolute Gasteiger partial charge is 0.373 e. The summed E-state index contributed by atoms with van der Waals surface area (Å²) in [6, 6.07) is 10.6. The average Bonchev–Trinajstić information content (AvgIpc) is 3.05. The van der Waals surface area contributed by atoms with Crippen LogP contribution >= 0.6 is 0 Å². The first-order valence-corrected chi connectivity index (χ1v) is 8.95. The van der Waals surface area contributed by atoms with Gasteiger partial charge < -0.3 is 10.1 Å². The fourth-order valence-corrected chi connectivity index (χ4v) is 3.55. The molecule has 0 bridgehead atoms. The number of nitrogens with zero attached hydrogens (tertiary/aromatic N) is 1. The van der Waals surface area contributed by atoms with Crippen molar-refractivity contribution in [2.24, 2.45) is 5.92 Å². The van der Waals surface area contributed by atoms with Gasteiger partial charge in [-0.2, -0.15) is 5.10 Å². The summed E-state index contributed by atoms with van der Waals surface area (Å²) in [6.07, 6.45) is 4.51. The van der Waals surface area contributed by atoms with Crippen molar-refractivity contribution in [1.82, 2.24) is 15.5 Å².